The summed E-state index contributed by atoms with van der Waals surface area (Å²) in [4.78, 5) is 13.5. The van der Waals surface area contributed by atoms with E-state index in [-0.39, 0.29) is 0 Å². The number of benzene rings is 2. The van der Waals surface area contributed by atoms with Gasteiger partial charge in [-0.05, 0) is 19.1 Å². The van der Waals surface area contributed by atoms with Crippen molar-refractivity contribution in [3.8, 4) is 22.9 Å². The van der Waals surface area contributed by atoms with Crippen molar-refractivity contribution in [2.45, 2.75) is 13.5 Å². The minimum absolute atomic E-state index is 0.340. The molecule has 0 atom stereocenters. The van der Waals surface area contributed by atoms with Crippen LogP contribution in [0.15, 0.2) is 48.8 Å². The van der Waals surface area contributed by atoms with E-state index in [0.29, 0.717) is 39.8 Å². The summed E-state index contributed by atoms with van der Waals surface area (Å²) in [7, 11) is 0. The lowest BCUT2D eigenvalue weighted by Gasteiger charge is -2.13. The summed E-state index contributed by atoms with van der Waals surface area (Å²) >= 11 is 12.6. The summed E-state index contributed by atoms with van der Waals surface area (Å²) in [6.45, 7) is 2.46. The summed E-state index contributed by atoms with van der Waals surface area (Å²) in [5.41, 5.74) is 9.48. The van der Waals surface area contributed by atoms with Crippen LogP contribution in [-0.4, -0.2) is 19.5 Å². The predicted octanol–water partition coefficient (Wildman–Crippen LogP) is 4.69. The molecule has 2 heterocycles. The molecule has 0 unspecified atom stereocenters. The van der Waals surface area contributed by atoms with Gasteiger partial charge in [0.1, 0.15) is 0 Å². The summed E-state index contributed by atoms with van der Waals surface area (Å²) in [5.74, 6) is 1.59. The van der Waals surface area contributed by atoms with Crippen molar-refractivity contribution in [2.24, 2.45) is 0 Å². The number of halogens is 2. The highest BCUT2D eigenvalue weighted by molar-refractivity contribution is 6.35. The van der Waals surface area contributed by atoms with E-state index < -0.39 is 0 Å². The van der Waals surface area contributed by atoms with Crippen molar-refractivity contribution >= 4 is 29.0 Å². The second kappa shape index (κ2) is 6.59. The molecule has 0 spiro atoms. The molecule has 0 fully saturated rings. The number of anilines is 1. The Balaban J connectivity index is 1.82. The first kappa shape index (κ1) is 16.8. The van der Waals surface area contributed by atoms with Crippen molar-refractivity contribution in [2.75, 3.05) is 5.73 Å². The average Bonchev–Trinajstić information content (AvgIpc) is 3.07. The highest BCUT2D eigenvalue weighted by atomic mass is 35.5. The standard InChI is InChI=1S/C19H15Cl2N5/c1-11-5-7-12(8-6-11)18-24-16-17(22)23-10-26(19(16)25-18)9-13-14(20)3-2-4-15(13)21/h2-8,10H,9,22H2,1H3. The number of aryl methyl sites for hydroxylation is 1. The first-order valence-corrected chi connectivity index (χ1v) is 8.77. The fourth-order valence-electron chi connectivity index (χ4n) is 2.76. The van der Waals surface area contributed by atoms with E-state index in [2.05, 4.69) is 15.0 Å². The maximum Gasteiger partial charge on any atom is 0.166 e. The number of rotatable bonds is 3. The van der Waals surface area contributed by atoms with Crippen LogP contribution in [0.5, 0.6) is 0 Å². The smallest absolute Gasteiger partial charge is 0.166 e. The van der Waals surface area contributed by atoms with Gasteiger partial charge < -0.3 is 10.3 Å². The largest absolute Gasteiger partial charge is 0.382 e. The van der Waals surface area contributed by atoms with Crippen molar-refractivity contribution in [3.05, 3.63) is 70.0 Å². The predicted molar refractivity (Wildman–Crippen MR) is 105 cm³/mol. The molecule has 0 radical (unpaired) electrons. The molecule has 2 aliphatic rings. The lowest BCUT2D eigenvalue weighted by Crippen LogP contribution is -2.09. The van der Waals surface area contributed by atoms with E-state index in [1.54, 1.807) is 18.5 Å². The molecular formula is C19H15Cl2N5. The number of nitrogen functional groups attached to an aromatic ring is 1. The SMILES string of the molecule is Cc1ccc(-c2nc3c(N)ncn(Cc4c(Cl)cccc4Cl)c-3n2)cc1. The van der Waals surface area contributed by atoms with Gasteiger partial charge in [0.25, 0.3) is 0 Å². The normalized spacial score (nSPS) is 11.2. The minimum Gasteiger partial charge on any atom is -0.382 e. The van der Waals surface area contributed by atoms with Crippen LogP contribution in [0, 0.1) is 6.92 Å². The van der Waals surface area contributed by atoms with Crippen LogP contribution in [0.4, 0.5) is 5.82 Å². The molecule has 130 valence electrons. The van der Waals surface area contributed by atoms with E-state index in [1.165, 1.54) is 5.56 Å². The van der Waals surface area contributed by atoms with Crippen LogP contribution in [0.2, 0.25) is 10.0 Å². The Hall–Kier alpha value is -2.63. The number of fused-ring (bicyclic) bond motifs is 1. The zero-order valence-corrected chi connectivity index (χ0v) is 15.5. The monoisotopic (exact) mass is 383 g/mol. The lowest BCUT2D eigenvalue weighted by atomic mass is 10.1. The van der Waals surface area contributed by atoms with Crippen molar-refractivity contribution in [1.29, 1.82) is 0 Å². The maximum atomic E-state index is 6.30. The third kappa shape index (κ3) is 3.00. The third-order valence-corrected chi connectivity index (χ3v) is 4.90. The molecular weight excluding hydrogens is 369 g/mol. The van der Waals surface area contributed by atoms with Gasteiger partial charge in [0.15, 0.2) is 23.2 Å². The molecule has 0 aliphatic carbocycles. The molecule has 5 nitrogen and oxygen atoms in total. The van der Waals surface area contributed by atoms with Gasteiger partial charge >= 0.3 is 0 Å². The van der Waals surface area contributed by atoms with Crippen LogP contribution in [0.25, 0.3) is 22.9 Å². The number of hydrogen-bond acceptors (Lipinski definition) is 4. The van der Waals surface area contributed by atoms with Gasteiger partial charge in [0, 0.05) is 21.2 Å². The van der Waals surface area contributed by atoms with Gasteiger partial charge in [-0.3, -0.25) is 0 Å². The molecule has 26 heavy (non-hydrogen) atoms. The third-order valence-electron chi connectivity index (χ3n) is 4.19. The van der Waals surface area contributed by atoms with E-state index in [1.807, 2.05) is 41.8 Å². The first-order chi connectivity index (χ1) is 12.5. The van der Waals surface area contributed by atoms with E-state index in [0.717, 1.165) is 11.1 Å². The molecule has 2 aliphatic heterocycles. The zero-order chi connectivity index (χ0) is 18.3. The molecule has 2 aromatic rings. The number of imidazole rings is 1. The van der Waals surface area contributed by atoms with Crippen molar-refractivity contribution < 1.29 is 0 Å². The molecule has 0 aromatic heterocycles. The number of hydrogen-bond donors (Lipinski definition) is 1. The van der Waals surface area contributed by atoms with Gasteiger partial charge in [0.05, 0.1) is 12.9 Å². The Morgan fingerprint density at radius 3 is 2.38 bits per heavy atom. The summed E-state index contributed by atoms with van der Waals surface area (Å²) in [5, 5.41) is 1.18. The molecule has 0 saturated heterocycles. The Morgan fingerprint density at radius 1 is 1.00 bits per heavy atom. The summed E-state index contributed by atoms with van der Waals surface area (Å²) in [6, 6.07) is 13.4. The van der Waals surface area contributed by atoms with Crippen LogP contribution in [0.1, 0.15) is 11.1 Å². The second-order valence-corrected chi connectivity index (χ2v) is 6.86. The van der Waals surface area contributed by atoms with Crippen LogP contribution >= 0.6 is 23.2 Å². The van der Waals surface area contributed by atoms with E-state index in [9.17, 15) is 0 Å². The van der Waals surface area contributed by atoms with Crippen LogP contribution in [-0.2, 0) is 6.54 Å². The maximum absolute atomic E-state index is 6.30. The molecule has 2 aromatic carbocycles. The Kier molecular flexibility index (Phi) is 4.26. The van der Waals surface area contributed by atoms with Crippen LogP contribution in [0.3, 0.4) is 0 Å². The fourth-order valence-corrected chi connectivity index (χ4v) is 3.27. The fraction of sp³-hybridized carbons (Fsp3) is 0.105. The summed E-state index contributed by atoms with van der Waals surface area (Å²) < 4.78 is 1.85. The molecule has 7 heteroatoms. The van der Waals surface area contributed by atoms with E-state index in [4.69, 9.17) is 28.9 Å². The van der Waals surface area contributed by atoms with Gasteiger partial charge in [-0.15, -0.1) is 0 Å². The van der Waals surface area contributed by atoms with Crippen molar-refractivity contribution in [3.63, 3.8) is 0 Å². The molecule has 0 bridgehead atoms. The second-order valence-electron chi connectivity index (χ2n) is 6.04. The van der Waals surface area contributed by atoms with E-state index >= 15 is 0 Å². The Bertz CT molecular complexity index is 1040. The molecule has 0 amide bonds. The zero-order valence-electron chi connectivity index (χ0n) is 13.9. The molecule has 0 saturated carbocycles. The number of nitrogens with zero attached hydrogens (tertiary/aromatic N) is 4. The van der Waals surface area contributed by atoms with Crippen LogP contribution < -0.4 is 5.73 Å². The van der Waals surface area contributed by atoms with Gasteiger partial charge in [-0.25, -0.2) is 15.0 Å². The van der Waals surface area contributed by atoms with Gasteiger partial charge in [-0.2, -0.15) is 0 Å². The molecule has 4 rings (SSSR count). The topological polar surface area (TPSA) is 69.6 Å². The van der Waals surface area contributed by atoms with Crippen molar-refractivity contribution in [1.82, 2.24) is 19.5 Å². The highest BCUT2D eigenvalue weighted by Crippen LogP contribution is 2.31. The van der Waals surface area contributed by atoms with Gasteiger partial charge in [0.2, 0.25) is 0 Å². The molecule has 2 N–H and O–H groups in total. The number of nitrogens with two attached hydrogens (primary N) is 1. The quantitative estimate of drug-likeness (QED) is 0.556. The average molecular weight is 384 g/mol. The number of aromatic nitrogens is 4. The first-order valence-electron chi connectivity index (χ1n) is 8.01. The Labute approximate surface area is 160 Å². The van der Waals surface area contributed by atoms with Gasteiger partial charge in [-0.1, -0.05) is 59.1 Å². The Morgan fingerprint density at radius 2 is 1.69 bits per heavy atom. The lowest BCUT2D eigenvalue weighted by molar-refractivity contribution is 0.763. The minimum atomic E-state index is 0.340. The summed E-state index contributed by atoms with van der Waals surface area (Å²) in [6.07, 6.45) is 1.63. The highest BCUT2D eigenvalue weighted by Gasteiger charge is 2.20.